The summed E-state index contributed by atoms with van der Waals surface area (Å²) in [6.45, 7) is 1.80. The molecule has 16 heavy (non-hydrogen) atoms. The number of benzene rings is 1. The van der Waals surface area contributed by atoms with E-state index in [-0.39, 0.29) is 23.2 Å². The van der Waals surface area contributed by atoms with E-state index in [1.165, 1.54) is 12.1 Å². The zero-order chi connectivity index (χ0) is 11.6. The molecular weight excluding hydrogens is 272 g/mol. The first kappa shape index (κ1) is 15.8. The summed E-state index contributed by atoms with van der Waals surface area (Å²) < 4.78 is 0. The second kappa shape index (κ2) is 6.52. The van der Waals surface area contributed by atoms with Gasteiger partial charge in [0.1, 0.15) is 5.75 Å². The highest BCUT2D eigenvalue weighted by atomic mass is 35.5. The number of hydrogen-bond acceptors (Lipinski definition) is 3. The molecule has 2 atom stereocenters. The number of aliphatic hydroxyl groups is 1. The van der Waals surface area contributed by atoms with E-state index >= 15 is 0 Å². The lowest BCUT2D eigenvalue weighted by atomic mass is 10.00. The summed E-state index contributed by atoms with van der Waals surface area (Å²) in [5.74, 6) is -0.124. The molecule has 0 heterocycles. The molecule has 1 rings (SSSR count). The number of aliphatic hydroxyl groups excluding tert-OH is 1. The maximum Gasteiger partial charge on any atom is 0.139 e. The van der Waals surface area contributed by atoms with Gasteiger partial charge in [-0.3, -0.25) is 0 Å². The van der Waals surface area contributed by atoms with E-state index in [9.17, 15) is 10.2 Å². The van der Waals surface area contributed by atoms with Crippen molar-refractivity contribution in [3.63, 3.8) is 0 Å². The Morgan fingerprint density at radius 2 is 1.94 bits per heavy atom. The van der Waals surface area contributed by atoms with E-state index < -0.39 is 12.1 Å². The molecule has 0 bridgehead atoms. The number of hydrogen-bond donors (Lipinski definition) is 3. The van der Waals surface area contributed by atoms with Gasteiger partial charge in [-0.1, -0.05) is 30.1 Å². The van der Waals surface area contributed by atoms with E-state index in [2.05, 4.69) is 0 Å². The molecule has 3 nitrogen and oxygen atoms in total. The molecule has 0 aliphatic heterocycles. The van der Waals surface area contributed by atoms with Crippen molar-refractivity contribution >= 4 is 35.6 Å². The molecule has 92 valence electrons. The van der Waals surface area contributed by atoms with E-state index in [0.717, 1.165) is 0 Å². The van der Waals surface area contributed by atoms with Crippen LogP contribution in [-0.2, 0) is 0 Å². The first-order valence-corrected chi connectivity index (χ1v) is 5.34. The molecule has 0 aromatic heterocycles. The second-order valence-electron chi connectivity index (χ2n) is 3.33. The summed E-state index contributed by atoms with van der Waals surface area (Å²) in [5, 5.41) is 19.7. The van der Waals surface area contributed by atoms with Crippen LogP contribution >= 0.6 is 35.6 Å². The maximum absolute atomic E-state index is 9.66. The summed E-state index contributed by atoms with van der Waals surface area (Å²) in [5.41, 5.74) is 6.12. The van der Waals surface area contributed by atoms with Crippen LogP contribution < -0.4 is 5.73 Å². The van der Waals surface area contributed by atoms with Gasteiger partial charge >= 0.3 is 0 Å². The van der Waals surface area contributed by atoms with Gasteiger partial charge in [-0.2, -0.15) is 0 Å². The van der Waals surface area contributed by atoms with Crippen LogP contribution in [0.2, 0.25) is 10.0 Å². The fourth-order valence-corrected chi connectivity index (χ4v) is 1.81. The summed E-state index contributed by atoms with van der Waals surface area (Å²) in [7, 11) is 0. The van der Waals surface area contributed by atoms with Gasteiger partial charge in [0.15, 0.2) is 0 Å². The van der Waals surface area contributed by atoms with Crippen molar-refractivity contribution < 1.29 is 10.2 Å². The van der Waals surface area contributed by atoms with Crippen LogP contribution in [0, 0.1) is 0 Å². The van der Waals surface area contributed by atoms with Crippen molar-refractivity contribution in [3.8, 4) is 5.75 Å². The Hall–Kier alpha value is -0.190. The molecule has 0 unspecified atom stereocenters. The Bertz CT molecular complexity index is 360. The third-order valence-corrected chi connectivity index (χ3v) is 2.76. The van der Waals surface area contributed by atoms with Gasteiger partial charge in [-0.25, -0.2) is 0 Å². The average Bonchev–Trinajstić information content (AvgIpc) is 2.21. The Balaban J connectivity index is 0.00000225. The van der Waals surface area contributed by atoms with Crippen LogP contribution in [-0.4, -0.2) is 16.3 Å². The van der Waals surface area contributed by atoms with Gasteiger partial charge < -0.3 is 15.9 Å². The normalized spacial score (nSPS) is 14.1. The number of rotatable bonds is 3. The van der Waals surface area contributed by atoms with Crippen LogP contribution in [0.25, 0.3) is 0 Å². The van der Waals surface area contributed by atoms with Crippen molar-refractivity contribution in [1.29, 1.82) is 0 Å². The monoisotopic (exact) mass is 285 g/mol. The third kappa shape index (κ3) is 3.40. The van der Waals surface area contributed by atoms with E-state index in [1.54, 1.807) is 6.92 Å². The molecule has 0 spiro atoms. The molecule has 1 aromatic carbocycles. The largest absolute Gasteiger partial charge is 0.506 e. The van der Waals surface area contributed by atoms with Crippen LogP contribution in [0.5, 0.6) is 5.75 Å². The van der Waals surface area contributed by atoms with Crippen molar-refractivity contribution in [2.24, 2.45) is 5.73 Å². The lowest BCUT2D eigenvalue weighted by Crippen LogP contribution is -2.25. The molecule has 0 radical (unpaired) electrons. The number of aromatic hydroxyl groups is 1. The van der Waals surface area contributed by atoms with Gasteiger partial charge in [-0.15, -0.1) is 12.4 Å². The van der Waals surface area contributed by atoms with Gasteiger partial charge in [0.05, 0.1) is 17.2 Å². The van der Waals surface area contributed by atoms with Crippen molar-refractivity contribution in [2.45, 2.75) is 25.5 Å². The summed E-state index contributed by atoms with van der Waals surface area (Å²) in [6, 6.07) is 2.24. The fraction of sp³-hybridized carbons (Fsp3) is 0.400. The summed E-state index contributed by atoms with van der Waals surface area (Å²) in [6.07, 6.45) is -0.240. The lowest BCUT2D eigenvalue weighted by molar-refractivity contribution is 0.139. The van der Waals surface area contributed by atoms with Crippen LogP contribution in [0.15, 0.2) is 12.1 Å². The quantitative estimate of drug-likeness (QED) is 0.800. The molecule has 0 aliphatic rings. The van der Waals surface area contributed by atoms with E-state index in [4.69, 9.17) is 28.9 Å². The molecule has 6 heteroatoms. The standard InChI is InChI=1S/C10H13Cl2NO2.ClH/c1-2-8(14)9(13)6-3-5(11)4-7(12)10(6)15;/h3-4,8-9,14-15H,2,13H2,1H3;1H/t8-,9+;/m1./s1. The van der Waals surface area contributed by atoms with Gasteiger partial charge in [0, 0.05) is 10.6 Å². The lowest BCUT2D eigenvalue weighted by Gasteiger charge is -2.19. The molecule has 0 fully saturated rings. The van der Waals surface area contributed by atoms with Gasteiger partial charge in [0.25, 0.3) is 0 Å². The first-order valence-electron chi connectivity index (χ1n) is 4.59. The predicted molar refractivity (Wildman–Crippen MR) is 68.6 cm³/mol. The number of phenols is 1. The third-order valence-electron chi connectivity index (χ3n) is 2.25. The molecule has 0 aliphatic carbocycles. The SMILES string of the molecule is CC[C@@H](O)[C@@H](N)c1cc(Cl)cc(Cl)c1O.Cl. The number of nitrogens with two attached hydrogens (primary N) is 1. The molecule has 0 amide bonds. The van der Waals surface area contributed by atoms with Crippen molar-refractivity contribution in [3.05, 3.63) is 27.7 Å². The molecule has 0 saturated carbocycles. The second-order valence-corrected chi connectivity index (χ2v) is 4.17. The Morgan fingerprint density at radius 3 is 2.44 bits per heavy atom. The Kier molecular flexibility index (Phi) is 6.44. The van der Waals surface area contributed by atoms with Crippen LogP contribution in [0.4, 0.5) is 0 Å². The summed E-state index contributed by atoms with van der Waals surface area (Å²) in [4.78, 5) is 0. The smallest absolute Gasteiger partial charge is 0.139 e. The van der Waals surface area contributed by atoms with Gasteiger partial charge in [0.2, 0.25) is 0 Å². The average molecular weight is 287 g/mol. The zero-order valence-electron chi connectivity index (χ0n) is 8.65. The fourth-order valence-electron chi connectivity index (χ4n) is 1.30. The highest BCUT2D eigenvalue weighted by Crippen LogP contribution is 2.35. The van der Waals surface area contributed by atoms with Crippen LogP contribution in [0.1, 0.15) is 24.9 Å². The highest BCUT2D eigenvalue weighted by molar-refractivity contribution is 6.35. The van der Waals surface area contributed by atoms with E-state index in [1.807, 2.05) is 0 Å². The zero-order valence-corrected chi connectivity index (χ0v) is 11.0. The molecule has 4 N–H and O–H groups in total. The van der Waals surface area contributed by atoms with Gasteiger partial charge in [-0.05, 0) is 18.6 Å². The molecule has 0 saturated heterocycles. The number of halogens is 3. The van der Waals surface area contributed by atoms with Crippen molar-refractivity contribution in [1.82, 2.24) is 0 Å². The maximum atomic E-state index is 9.66. The Morgan fingerprint density at radius 1 is 1.38 bits per heavy atom. The first-order chi connectivity index (χ1) is 6.97. The minimum atomic E-state index is -0.731. The van der Waals surface area contributed by atoms with E-state index in [0.29, 0.717) is 17.0 Å². The minimum absolute atomic E-state index is 0. The Labute approximate surface area is 111 Å². The predicted octanol–water partition coefficient (Wildman–Crippen LogP) is 2.89. The minimum Gasteiger partial charge on any atom is -0.506 e. The molecule has 1 aromatic rings. The molecular formula is C10H14Cl3NO2. The van der Waals surface area contributed by atoms with Crippen molar-refractivity contribution in [2.75, 3.05) is 0 Å². The highest BCUT2D eigenvalue weighted by Gasteiger charge is 2.20. The number of phenolic OH excluding ortho intramolecular Hbond substituents is 1. The summed E-state index contributed by atoms with van der Waals surface area (Å²) >= 11 is 11.5. The topological polar surface area (TPSA) is 66.5 Å². The van der Waals surface area contributed by atoms with Crippen LogP contribution in [0.3, 0.4) is 0 Å².